The summed E-state index contributed by atoms with van der Waals surface area (Å²) in [6.07, 6.45) is 0. The summed E-state index contributed by atoms with van der Waals surface area (Å²) >= 11 is 0. The van der Waals surface area contributed by atoms with Crippen LogP contribution in [-0.2, 0) is 15.6 Å². The van der Waals surface area contributed by atoms with Gasteiger partial charge in [-0.2, -0.15) is 0 Å². The van der Waals surface area contributed by atoms with E-state index in [-0.39, 0.29) is 16.8 Å². The van der Waals surface area contributed by atoms with E-state index in [4.69, 9.17) is 4.74 Å². The molecule has 0 unspecified atom stereocenters. The Hall–Kier alpha value is -3.39. The summed E-state index contributed by atoms with van der Waals surface area (Å²) in [5.74, 6) is -0.288. The maximum atomic E-state index is 13.0. The van der Waals surface area contributed by atoms with Crippen LogP contribution >= 0.6 is 0 Å². The number of hydrogen-bond acceptors (Lipinski definition) is 2. The smallest absolute Gasteiger partial charge is 0.338 e. The molecule has 180 valence electrons. The van der Waals surface area contributed by atoms with E-state index < -0.39 is 0 Å². The van der Waals surface area contributed by atoms with Crippen LogP contribution in [0.25, 0.3) is 33.0 Å². The third-order valence-electron chi connectivity index (χ3n) is 6.64. The largest absolute Gasteiger partial charge is 0.462 e. The molecule has 0 aliphatic rings. The van der Waals surface area contributed by atoms with E-state index in [1.165, 1.54) is 16.7 Å². The summed E-state index contributed by atoms with van der Waals surface area (Å²) < 4.78 is 5.44. The number of carbonyl (C=O) groups is 1. The molecule has 0 bridgehead atoms. The second kappa shape index (κ2) is 9.34. The molecule has 0 amide bonds. The summed E-state index contributed by atoms with van der Waals surface area (Å²) in [5.41, 5.74) is 7.59. The molecule has 35 heavy (non-hydrogen) atoms. The molecule has 0 aromatic heterocycles. The minimum atomic E-state index is -0.288. The molecule has 0 saturated carbocycles. The van der Waals surface area contributed by atoms with Gasteiger partial charge in [-0.3, -0.25) is 0 Å². The summed E-state index contributed by atoms with van der Waals surface area (Å²) in [6.45, 7) is 15.5. The van der Waals surface area contributed by atoms with Crippen molar-refractivity contribution in [3.05, 3.63) is 95.6 Å². The average Bonchev–Trinajstić information content (AvgIpc) is 2.82. The number of rotatable bonds is 4. The highest BCUT2D eigenvalue weighted by atomic mass is 16.5. The van der Waals surface area contributed by atoms with Gasteiger partial charge in [0.25, 0.3) is 0 Å². The Bertz CT molecular complexity index is 1350. The average molecular weight is 465 g/mol. The Morgan fingerprint density at radius 1 is 0.686 bits per heavy atom. The second-order valence-electron chi connectivity index (χ2n) is 11.3. The Labute approximate surface area is 210 Å². The van der Waals surface area contributed by atoms with Crippen molar-refractivity contribution in [2.24, 2.45) is 0 Å². The molecular formula is C33H36O2. The standard InChI is InChI=1S/C33H36O2/c1-8-35-31(34)30-20-24-10-9-11-27(22-12-16-25(17-13-22)32(2,3)4)29(24)21-28(30)23-14-18-26(19-15-23)33(5,6)7/h9-21H,8H2,1-7H3. The third-order valence-corrected chi connectivity index (χ3v) is 6.64. The van der Waals surface area contributed by atoms with Crippen molar-refractivity contribution in [1.29, 1.82) is 0 Å². The van der Waals surface area contributed by atoms with Crippen molar-refractivity contribution in [2.45, 2.75) is 59.3 Å². The Kier molecular flexibility index (Phi) is 6.60. The van der Waals surface area contributed by atoms with Crippen molar-refractivity contribution in [1.82, 2.24) is 0 Å². The first-order chi connectivity index (χ1) is 16.5. The molecule has 2 heteroatoms. The van der Waals surface area contributed by atoms with E-state index in [0.717, 1.165) is 27.5 Å². The molecule has 0 aliphatic heterocycles. The van der Waals surface area contributed by atoms with Gasteiger partial charge in [-0.15, -0.1) is 0 Å². The molecule has 4 rings (SSSR count). The van der Waals surface area contributed by atoms with Gasteiger partial charge in [-0.05, 0) is 74.0 Å². The van der Waals surface area contributed by atoms with E-state index in [1.807, 2.05) is 13.0 Å². The normalized spacial score (nSPS) is 12.1. The van der Waals surface area contributed by atoms with Crippen LogP contribution in [-0.4, -0.2) is 12.6 Å². The van der Waals surface area contributed by atoms with Crippen LogP contribution < -0.4 is 0 Å². The number of hydrogen-bond donors (Lipinski definition) is 0. The Morgan fingerprint density at radius 2 is 1.20 bits per heavy atom. The first-order valence-corrected chi connectivity index (χ1v) is 12.4. The number of esters is 1. The fraction of sp³-hybridized carbons (Fsp3) is 0.303. The minimum Gasteiger partial charge on any atom is -0.462 e. The van der Waals surface area contributed by atoms with Crippen LogP contribution in [0, 0.1) is 0 Å². The minimum absolute atomic E-state index is 0.0677. The van der Waals surface area contributed by atoms with Gasteiger partial charge in [0.2, 0.25) is 0 Å². The van der Waals surface area contributed by atoms with Crippen LogP contribution in [0.2, 0.25) is 0 Å². The van der Waals surface area contributed by atoms with Gasteiger partial charge in [0.1, 0.15) is 0 Å². The highest BCUT2D eigenvalue weighted by Gasteiger charge is 2.19. The first kappa shape index (κ1) is 24.7. The lowest BCUT2D eigenvalue weighted by atomic mass is 9.85. The molecule has 0 aliphatic carbocycles. The fourth-order valence-corrected chi connectivity index (χ4v) is 4.49. The van der Waals surface area contributed by atoms with Gasteiger partial charge in [-0.25, -0.2) is 4.79 Å². The molecular weight excluding hydrogens is 428 g/mol. The van der Waals surface area contributed by atoms with E-state index in [0.29, 0.717) is 12.2 Å². The van der Waals surface area contributed by atoms with Gasteiger partial charge < -0.3 is 4.74 Å². The number of benzene rings is 4. The zero-order valence-corrected chi connectivity index (χ0v) is 22.0. The predicted octanol–water partition coefficient (Wildman–Crippen LogP) is 8.95. The van der Waals surface area contributed by atoms with E-state index in [1.54, 1.807) is 0 Å². The first-order valence-electron chi connectivity index (χ1n) is 12.4. The molecule has 4 aromatic carbocycles. The quantitative estimate of drug-likeness (QED) is 0.282. The van der Waals surface area contributed by atoms with Crippen LogP contribution in [0.3, 0.4) is 0 Å². The van der Waals surface area contributed by atoms with Crippen LogP contribution in [0.1, 0.15) is 70.0 Å². The molecule has 0 saturated heterocycles. The summed E-state index contributed by atoms with van der Waals surface area (Å²) in [6, 6.07) is 27.8. The summed E-state index contributed by atoms with van der Waals surface area (Å²) in [7, 11) is 0. The SMILES string of the molecule is CCOC(=O)c1cc2cccc(-c3ccc(C(C)(C)C)cc3)c2cc1-c1ccc(C(C)(C)C)cc1. The molecule has 2 nitrogen and oxygen atoms in total. The van der Waals surface area contributed by atoms with Crippen LogP contribution in [0.4, 0.5) is 0 Å². The molecule has 0 radical (unpaired) electrons. The lowest BCUT2D eigenvalue weighted by Gasteiger charge is -2.20. The molecule has 0 heterocycles. The maximum Gasteiger partial charge on any atom is 0.338 e. The van der Waals surface area contributed by atoms with Gasteiger partial charge >= 0.3 is 5.97 Å². The van der Waals surface area contributed by atoms with Gasteiger partial charge in [0.05, 0.1) is 12.2 Å². The van der Waals surface area contributed by atoms with Gasteiger partial charge in [-0.1, -0.05) is 108 Å². The van der Waals surface area contributed by atoms with Crippen LogP contribution in [0.15, 0.2) is 78.9 Å². The van der Waals surface area contributed by atoms with E-state index in [2.05, 4.69) is 114 Å². The zero-order valence-electron chi connectivity index (χ0n) is 22.0. The zero-order chi connectivity index (χ0) is 25.4. The summed E-state index contributed by atoms with van der Waals surface area (Å²) in [5, 5.41) is 2.15. The highest BCUT2D eigenvalue weighted by Crippen LogP contribution is 2.36. The van der Waals surface area contributed by atoms with Crippen molar-refractivity contribution < 1.29 is 9.53 Å². The van der Waals surface area contributed by atoms with Crippen molar-refractivity contribution in [2.75, 3.05) is 6.61 Å². The van der Waals surface area contributed by atoms with Crippen molar-refractivity contribution >= 4 is 16.7 Å². The molecule has 0 N–H and O–H groups in total. The predicted molar refractivity (Wildman–Crippen MR) is 148 cm³/mol. The Balaban J connectivity index is 1.91. The topological polar surface area (TPSA) is 26.3 Å². The second-order valence-corrected chi connectivity index (χ2v) is 11.3. The Morgan fingerprint density at radius 3 is 1.69 bits per heavy atom. The lowest BCUT2D eigenvalue weighted by molar-refractivity contribution is 0.0527. The van der Waals surface area contributed by atoms with Crippen molar-refractivity contribution in [3.63, 3.8) is 0 Å². The van der Waals surface area contributed by atoms with Crippen molar-refractivity contribution in [3.8, 4) is 22.3 Å². The number of carbonyl (C=O) groups excluding carboxylic acids is 1. The van der Waals surface area contributed by atoms with E-state index in [9.17, 15) is 4.79 Å². The third kappa shape index (κ3) is 5.17. The molecule has 0 spiro atoms. The highest BCUT2D eigenvalue weighted by molar-refractivity contribution is 6.06. The summed E-state index contributed by atoms with van der Waals surface area (Å²) in [4.78, 5) is 13.0. The maximum absolute atomic E-state index is 13.0. The number of fused-ring (bicyclic) bond motifs is 1. The molecule has 4 aromatic rings. The lowest BCUT2D eigenvalue weighted by Crippen LogP contribution is -2.10. The van der Waals surface area contributed by atoms with E-state index >= 15 is 0 Å². The fourth-order valence-electron chi connectivity index (χ4n) is 4.49. The monoisotopic (exact) mass is 464 g/mol. The molecule has 0 atom stereocenters. The van der Waals surface area contributed by atoms with Gasteiger partial charge in [0, 0.05) is 0 Å². The molecule has 0 fully saturated rings. The number of ether oxygens (including phenoxy) is 1. The van der Waals surface area contributed by atoms with Gasteiger partial charge in [0.15, 0.2) is 0 Å². The van der Waals surface area contributed by atoms with Crippen LogP contribution in [0.5, 0.6) is 0 Å².